The Kier molecular flexibility index (Phi) is 4.09. The first-order chi connectivity index (χ1) is 8.99. The summed E-state index contributed by atoms with van der Waals surface area (Å²) in [5.41, 5.74) is 1.02. The van der Waals surface area contributed by atoms with Crippen LogP contribution in [-0.2, 0) is 4.79 Å². The second kappa shape index (κ2) is 5.61. The molecule has 0 radical (unpaired) electrons. The highest BCUT2D eigenvalue weighted by Crippen LogP contribution is 2.17. The van der Waals surface area contributed by atoms with Gasteiger partial charge in [-0.3, -0.25) is 4.79 Å². The fraction of sp³-hybridized carbons (Fsp3) is 0.385. The second-order valence-electron chi connectivity index (χ2n) is 4.59. The molecule has 0 aromatic heterocycles. The molecule has 2 unspecified atom stereocenters. The Morgan fingerprint density at radius 1 is 1.47 bits per heavy atom. The lowest BCUT2D eigenvalue weighted by molar-refractivity contribution is -0.124. The number of carbonyl (C=O) groups is 2. The molecule has 1 aromatic rings. The van der Waals surface area contributed by atoms with Crippen LogP contribution in [0.4, 0.5) is 4.79 Å². The molecule has 0 aliphatic carbocycles. The summed E-state index contributed by atoms with van der Waals surface area (Å²) in [6.45, 7) is 2.28. The zero-order valence-corrected chi connectivity index (χ0v) is 12.4. The molecule has 0 saturated carbocycles. The van der Waals surface area contributed by atoms with Gasteiger partial charge in [-0.1, -0.05) is 28.1 Å². The highest BCUT2D eigenvalue weighted by molar-refractivity contribution is 9.10. The van der Waals surface area contributed by atoms with E-state index >= 15 is 0 Å². The molecule has 0 bridgehead atoms. The van der Waals surface area contributed by atoms with Crippen LogP contribution in [0.25, 0.3) is 0 Å². The number of benzene rings is 1. The van der Waals surface area contributed by atoms with E-state index < -0.39 is 6.04 Å². The molecule has 1 heterocycles. The molecule has 2 atom stereocenters. The minimum atomic E-state index is -0.439. The van der Waals surface area contributed by atoms with Crippen LogP contribution in [0.15, 0.2) is 28.7 Å². The van der Waals surface area contributed by atoms with Crippen LogP contribution in [0.2, 0.25) is 0 Å². The highest BCUT2D eigenvalue weighted by atomic mass is 79.9. The summed E-state index contributed by atoms with van der Waals surface area (Å²) < 4.78 is 1.00. The summed E-state index contributed by atoms with van der Waals surface area (Å²) in [4.78, 5) is 24.8. The Labute approximate surface area is 120 Å². The van der Waals surface area contributed by atoms with Gasteiger partial charge in [-0.05, 0) is 24.6 Å². The van der Waals surface area contributed by atoms with Crippen molar-refractivity contribution in [1.82, 2.24) is 15.5 Å². The van der Waals surface area contributed by atoms with Crippen molar-refractivity contribution in [2.45, 2.75) is 19.0 Å². The number of halogens is 1. The molecule has 2 rings (SSSR count). The van der Waals surface area contributed by atoms with Gasteiger partial charge in [-0.2, -0.15) is 0 Å². The molecule has 6 heteroatoms. The number of hydrogen-bond acceptors (Lipinski definition) is 2. The third-order valence-corrected chi connectivity index (χ3v) is 3.79. The minimum Gasteiger partial charge on any atom is -0.348 e. The SMILES string of the molecule is CC(NC(=O)C1CNC(=O)N1C)c1ccc(Br)cc1. The third-order valence-electron chi connectivity index (χ3n) is 3.27. The number of rotatable bonds is 3. The summed E-state index contributed by atoms with van der Waals surface area (Å²) in [5, 5.41) is 5.56. The molecular weight excluding hydrogens is 310 g/mol. The normalized spacial score (nSPS) is 20.1. The minimum absolute atomic E-state index is 0.0929. The maximum absolute atomic E-state index is 12.1. The van der Waals surface area contributed by atoms with Crippen LogP contribution in [-0.4, -0.2) is 36.5 Å². The maximum atomic E-state index is 12.1. The number of likely N-dealkylation sites (N-methyl/N-ethyl adjacent to an activating group) is 1. The van der Waals surface area contributed by atoms with Crippen molar-refractivity contribution in [1.29, 1.82) is 0 Å². The van der Waals surface area contributed by atoms with Gasteiger partial charge in [-0.25, -0.2) is 4.79 Å². The lowest BCUT2D eigenvalue weighted by Crippen LogP contribution is -2.44. The Hall–Kier alpha value is -1.56. The highest BCUT2D eigenvalue weighted by Gasteiger charge is 2.33. The number of nitrogens with one attached hydrogen (secondary N) is 2. The van der Waals surface area contributed by atoms with Crippen LogP contribution in [0, 0.1) is 0 Å². The van der Waals surface area contributed by atoms with Gasteiger partial charge in [0.2, 0.25) is 5.91 Å². The van der Waals surface area contributed by atoms with E-state index in [4.69, 9.17) is 0 Å². The van der Waals surface area contributed by atoms with Crippen molar-refractivity contribution in [3.8, 4) is 0 Å². The fourth-order valence-corrected chi connectivity index (χ4v) is 2.26. The first kappa shape index (κ1) is 13.9. The number of urea groups is 1. The lowest BCUT2D eigenvalue weighted by Gasteiger charge is -2.21. The van der Waals surface area contributed by atoms with Crippen molar-refractivity contribution >= 4 is 27.9 Å². The monoisotopic (exact) mass is 325 g/mol. The first-order valence-corrected chi connectivity index (χ1v) is 6.85. The summed E-state index contributed by atoms with van der Waals surface area (Å²) >= 11 is 3.37. The summed E-state index contributed by atoms with van der Waals surface area (Å²) in [6, 6.07) is 7.04. The zero-order valence-electron chi connectivity index (χ0n) is 10.8. The van der Waals surface area contributed by atoms with Crippen molar-refractivity contribution < 1.29 is 9.59 Å². The summed E-state index contributed by atoms with van der Waals surface area (Å²) in [6.07, 6.45) is 0. The van der Waals surface area contributed by atoms with E-state index in [1.54, 1.807) is 7.05 Å². The van der Waals surface area contributed by atoms with E-state index in [-0.39, 0.29) is 18.0 Å². The summed E-state index contributed by atoms with van der Waals surface area (Å²) in [5.74, 6) is -0.142. The first-order valence-electron chi connectivity index (χ1n) is 6.05. The molecule has 1 aliphatic rings. The summed E-state index contributed by atoms with van der Waals surface area (Å²) in [7, 11) is 1.62. The molecule has 19 heavy (non-hydrogen) atoms. The van der Waals surface area contributed by atoms with Crippen LogP contribution < -0.4 is 10.6 Å². The van der Waals surface area contributed by atoms with E-state index in [1.165, 1.54) is 4.90 Å². The van der Waals surface area contributed by atoms with Crippen LogP contribution in [0.5, 0.6) is 0 Å². The van der Waals surface area contributed by atoms with E-state index in [2.05, 4.69) is 26.6 Å². The van der Waals surface area contributed by atoms with Gasteiger partial charge < -0.3 is 15.5 Å². The largest absolute Gasteiger partial charge is 0.348 e. The van der Waals surface area contributed by atoms with E-state index in [9.17, 15) is 9.59 Å². The van der Waals surface area contributed by atoms with Gasteiger partial charge in [0, 0.05) is 18.1 Å². The van der Waals surface area contributed by atoms with Crippen molar-refractivity contribution in [2.24, 2.45) is 0 Å². The van der Waals surface area contributed by atoms with Crippen LogP contribution in [0.3, 0.4) is 0 Å². The van der Waals surface area contributed by atoms with Gasteiger partial charge >= 0.3 is 6.03 Å². The van der Waals surface area contributed by atoms with Gasteiger partial charge in [0.15, 0.2) is 0 Å². The zero-order chi connectivity index (χ0) is 14.0. The molecule has 1 saturated heterocycles. The standard InChI is InChI=1S/C13H16BrN3O2/c1-8(9-3-5-10(14)6-4-9)16-12(18)11-7-15-13(19)17(11)2/h3-6,8,11H,7H2,1-2H3,(H,15,19)(H,16,18). The Morgan fingerprint density at radius 3 is 2.63 bits per heavy atom. The lowest BCUT2D eigenvalue weighted by atomic mass is 10.1. The van der Waals surface area contributed by atoms with Gasteiger partial charge in [0.05, 0.1) is 6.04 Å². The van der Waals surface area contributed by atoms with Crippen LogP contribution >= 0.6 is 15.9 Å². The number of nitrogens with zero attached hydrogens (tertiary/aromatic N) is 1. The Morgan fingerprint density at radius 2 is 2.11 bits per heavy atom. The fourth-order valence-electron chi connectivity index (χ4n) is 2.00. The smallest absolute Gasteiger partial charge is 0.317 e. The maximum Gasteiger partial charge on any atom is 0.317 e. The van der Waals surface area contributed by atoms with Crippen molar-refractivity contribution in [3.05, 3.63) is 34.3 Å². The second-order valence-corrected chi connectivity index (χ2v) is 5.51. The quantitative estimate of drug-likeness (QED) is 0.887. The molecule has 3 amide bonds. The van der Waals surface area contributed by atoms with Gasteiger partial charge in [-0.15, -0.1) is 0 Å². The van der Waals surface area contributed by atoms with Gasteiger partial charge in [0.25, 0.3) is 0 Å². The molecule has 5 nitrogen and oxygen atoms in total. The topological polar surface area (TPSA) is 61.4 Å². The van der Waals surface area contributed by atoms with Crippen molar-refractivity contribution in [2.75, 3.05) is 13.6 Å². The third kappa shape index (κ3) is 3.07. The van der Waals surface area contributed by atoms with E-state index in [1.807, 2.05) is 31.2 Å². The van der Waals surface area contributed by atoms with Gasteiger partial charge in [0.1, 0.15) is 6.04 Å². The van der Waals surface area contributed by atoms with E-state index in [0.717, 1.165) is 10.0 Å². The molecule has 1 fully saturated rings. The number of carbonyl (C=O) groups excluding carboxylic acids is 2. The Bertz CT molecular complexity index is 489. The Balaban J connectivity index is 1.99. The molecule has 0 spiro atoms. The van der Waals surface area contributed by atoms with E-state index in [0.29, 0.717) is 6.54 Å². The number of amides is 3. The average molecular weight is 326 g/mol. The molecule has 2 N–H and O–H groups in total. The number of hydrogen-bond donors (Lipinski definition) is 2. The predicted octanol–water partition coefficient (Wildman–Crippen LogP) is 1.65. The predicted molar refractivity (Wildman–Crippen MR) is 75.6 cm³/mol. The van der Waals surface area contributed by atoms with Crippen LogP contribution in [0.1, 0.15) is 18.5 Å². The van der Waals surface area contributed by atoms with Crippen molar-refractivity contribution in [3.63, 3.8) is 0 Å². The average Bonchev–Trinajstić information content (AvgIpc) is 2.70. The molecular formula is C13H16BrN3O2. The molecule has 1 aliphatic heterocycles. The molecule has 1 aromatic carbocycles. The molecule has 102 valence electrons.